The molecule has 4 rings (SSSR count). The molecule has 1 fully saturated rings. The Labute approximate surface area is 259 Å². The van der Waals surface area contributed by atoms with Crippen molar-refractivity contribution < 1.29 is 28.7 Å². The molecule has 3 N–H and O–H groups in total. The zero-order valence-corrected chi connectivity index (χ0v) is 26.9. The molecule has 0 spiro atoms. The van der Waals surface area contributed by atoms with Gasteiger partial charge >= 0.3 is 5.97 Å². The van der Waals surface area contributed by atoms with Crippen molar-refractivity contribution in [1.82, 2.24) is 26.1 Å². The van der Waals surface area contributed by atoms with Crippen LogP contribution in [0.1, 0.15) is 85.5 Å². The number of rotatable bonds is 2. The monoisotopic (exact) mass is 607 g/mol. The van der Waals surface area contributed by atoms with Gasteiger partial charge in [-0.3, -0.25) is 29.2 Å². The average molecular weight is 608 g/mol. The number of carbonyl (C=O) groups excluding carboxylic acids is 4. The Hall–Kier alpha value is -3.83. The second kappa shape index (κ2) is 13.0. The van der Waals surface area contributed by atoms with Crippen molar-refractivity contribution in [2.45, 2.75) is 104 Å². The highest BCUT2D eigenvalue weighted by Gasteiger charge is 2.39. The number of benzene rings is 1. The van der Waals surface area contributed by atoms with Gasteiger partial charge in [-0.05, 0) is 85.9 Å². The molecule has 2 aromatic rings. The molecule has 0 unspecified atom stereocenters. The number of esters is 1. The van der Waals surface area contributed by atoms with E-state index < -0.39 is 53.1 Å². The fourth-order valence-corrected chi connectivity index (χ4v) is 5.23. The summed E-state index contributed by atoms with van der Waals surface area (Å²) < 4.78 is 11.8. The third kappa shape index (κ3) is 8.00. The van der Waals surface area contributed by atoms with Crippen LogP contribution in [0.5, 0.6) is 0 Å². The second-order valence-corrected chi connectivity index (χ2v) is 13.3. The van der Waals surface area contributed by atoms with Crippen LogP contribution in [-0.4, -0.2) is 70.1 Å². The van der Waals surface area contributed by atoms with E-state index in [1.165, 1.54) is 5.01 Å². The molecule has 5 atom stereocenters. The summed E-state index contributed by atoms with van der Waals surface area (Å²) in [6, 6.07) is 7.63. The third-order valence-electron chi connectivity index (χ3n) is 7.71. The van der Waals surface area contributed by atoms with Crippen LogP contribution in [0.3, 0.4) is 0 Å². The molecule has 0 saturated carbocycles. The summed E-state index contributed by atoms with van der Waals surface area (Å²) in [6.07, 6.45) is 2.54. The van der Waals surface area contributed by atoms with Crippen LogP contribution in [0, 0.1) is 5.41 Å². The quantitative estimate of drug-likeness (QED) is 0.441. The molecule has 1 saturated heterocycles. The molecule has 238 valence electrons. The number of pyridine rings is 1. The van der Waals surface area contributed by atoms with Gasteiger partial charge in [-0.25, -0.2) is 5.43 Å². The Morgan fingerprint density at radius 2 is 1.70 bits per heavy atom. The number of hydrazine groups is 1. The summed E-state index contributed by atoms with van der Waals surface area (Å²) >= 11 is 0. The molecule has 5 bridgehead atoms. The highest BCUT2D eigenvalue weighted by atomic mass is 16.6. The number of nitrogens with zero attached hydrogens (tertiary/aromatic N) is 2. The predicted octanol–water partition coefficient (Wildman–Crippen LogP) is 3.58. The molecular formula is C33H45N5O6. The van der Waals surface area contributed by atoms with Crippen molar-refractivity contribution in [3.8, 4) is 0 Å². The Balaban J connectivity index is 1.72. The number of ether oxygens (including phenoxy) is 2. The summed E-state index contributed by atoms with van der Waals surface area (Å²) in [5, 5.41) is 8.01. The zero-order valence-electron chi connectivity index (χ0n) is 26.9. The molecular weight excluding hydrogens is 562 g/mol. The first-order valence-electron chi connectivity index (χ1n) is 15.2. The van der Waals surface area contributed by atoms with Gasteiger partial charge in [0.05, 0.1) is 28.3 Å². The lowest BCUT2D eigenvalue weighted by Crippen LogP contribution is -2.61. The zero-order chi connectivity index (χ0) is 32.4. The van der Waals surface area contributed by atoms with E-state index in [4.69, 9.17) is 14.5 Å². The smallest absolute Gasteiger partial charge is 0.316 e. The van der Waals surface area contributed by atoms with Crippen LogP contribution >= 0.6 is 0 Å². The number of carbonyl (C=O) groups is 4. The van der Waals surface area contributed by atoms with Crippen LogP contribution in [0.2, 0.25) is 0 Å². The van der Waals surface area contributed by atoms with Crippen molar-refractivity contribution in [2.75, 3.05) is 6.54 Å². The highest BCUT2D eigenvalue weighted by Crippen LogP contribution is 2.26. The number of amides is 3. The summed E-state index contributed by atoms with van der Waals surface area (Å²) in [6.45, 7) is 14.4. The van der Waals surface area contributed by atoms with E-state index in [2.05, 4.69) is 16.1 Å². The van der Waals surface area contributed by atoms with Gasteiger partial charge in [0.15, 0.2) is 0 Å². The Bertz CT molecular complexity index is 1450. The Morgan fingerprint density at radius 3 is 2.41 bits per heavy atom. The van der Waals surface area contributed by atoms with Crippen LogP contribution in [0.4, 0.5) is 0 Å². The van der Waals surface area contributed by atoms with Gasteiger partial charge in [0, 0.05) is 11.9 Å². The lowest BCUT2D eigenvalue weighted by Gasteiger charge is -2.36. The van der Waals surface area contributed by atoms with Gasteiger partial charge in [-0.15, -0.1) is 0 Å². The van der Waals surface area contributed by atoms with Gasteiger partial charge in [0.1, 0.15) is 18.2 Å². The maximum absolute atomic E-state index is 13.6. The van der Waals surface area contributed by atoms with Crippen molar-refractivity contribution in [3.63, 3.8) is 0 Å². The molecule has 0 radical (unpaired) electrons. The standard InChI is InChI=1S/C33H45N5O6/c1-19-24-14-13-23-12-11-22(18-26(23)36-24)15-16-33(7,8)31(42)43-27(21(3)44-32(4,5)6)29(40)35-20(2)30(41)38-17-9-10-25(37-38)28(39)34-19/h11-16,18-21,25,27,37H,9-10,17H2,1-8H3,(H,34,39)(H,35,40)/t19-,20+,21-,25+,27+/m1/s1. The van der Waals surface area contributed by atoms with E-state index in [1.807, 2.05) is 64.1 Å². The number of nitrogens with one attached hydrogen (secondary N) is 3. The van der Waals surface area contributed by atoms with E-state index in [0.717, 1.165) is 16.5 Å². The minimum absolute atomic E-state index is 0.251. The summed E-state index contributed by atoms with van der Waals surface area (Å²) in [4.78, 5) is 58.5. The lowest BCUT2D eigenvalue weighted by molar-refractivity contribution is -0.177. The fraction of sp³-hybridized carbons (Fsp3) is 0.545. The van der Waals surface area contributed by atoms with Crippen LogP contribution in [0.25, 0.3) is 17.0 Å². The topological polar surface area (TPSA) is 139 Å². The molecule has 3 heterocycles. The molecule has 11 heteroatoms. The molecule has 1 aromatic heterocycles. The van der Waals surface area contributed by atoms with Crippen molar-refractivity contribution >= 4 is 40.7 Å². The van der Waals surface area contributed by atoms with Crippen molar-refractivity contribution in [3.05, 3.63) is 47.7 Å². The van der Waals surface area contributed by atoms with E-state index in [-0.39, 0.29) is 11.9 Å². The number of cyclic esters (lactones) is 1. The Kier molecular flexibility index (Phi) is 9.80. The summed E-state index contributed by atoms with van der Waals surface area (Å²) in [5.41, 5.74) is 3.56. The predicted molar refractivity (Wildman–Crippen MR) is 167 cm³/mol. The van der Waals surface area contributed by atoms with Gasteiger partial charge in [0.2, 0.25) is 12.0 Å². The molecule has 3 amide bonds. The molecule has 44 heavy (non-hydrogen) atoms. The van der Waals surface area contributed by atoms with E-state index >= 15 is 0 Å². The molecule has 11 nitrogen and oxygen atoms in total. The van der Waals surface area contributed by atoms with Crippen LogP contribution in [0.15, 0.2) is 36.4 Å². The minimum Gasteiger partial charge on any atom is -0.449 e. The SMILES string of the molecule is C[C@@H]1NC(=O)[C@H]([C@@H](C)OC(C)(C)C)OC(=O)C(C)(C)C=Cc2ccc3ccc(nc3c2)[C@@H](C)NC(=O)[C@@H]2CCCN(N2)C1=O. The van der Waals surface area contributed by atoms with Gasteiger partial charge in [-0.1, -0.05) is 30.4 Å². The molecule has 1 aromatic carbocycles. The molecule has 2 aliphatic heterocycles. The first kappa shape index (κ1) is 33.1. The van der Waals surface area contributed by atoms with Crippen molar-refractivity contribution in [2.24, 2.45) is 5.41 Å². The highest BCUT2D eigenvalue weighted by molar-refractivity contribution is 5.92. The minimum atomic E-state index is -1.32. The van der Waals surface area contributed by atoms with E-state index in [1.54, 1.807) is 33.8 Å². The van der Waals surface area contributed by atoms with E-state index in [0.29, 0.717) is 25.1 Å². The summed E-state index contributed by atoms with van der Waals surface area (Å²) in [5.74, 6) is -1.95. The number of fused-ring (bicyclic) bond motifs is 4. The fourth-order valence-electron chi connectivity index (χ4n) is 5.23. The van der Waals surface area contributed by atoms with Crippen LogP contribution in [-0.2, 0) is 28.7 Å². The van der Waals surface area contributed by atoms with Gasteiger partial charge < -0.3 is 20.1 Å². The molecule has 0 aliphatic carbocycles. The molecule has 2 aliphatic rings. The number of hydrogen-bond donors (Lipinski definition) is 3. The number of hydrogen-bond acceptors (Lipinski definition) is 8. The second-order valence-electron chi connectivity index (χ2n) is 13.3. The number of aromatic nitrogens is 1. The first-order chi connectivity index (χ1) is 20.5. The third-order valence-corrected chi connectivity index (χ3v) is 7.71. The average Bonchev–Trinajstić information content (AvgIpc) is 2.96. The first-order valence-corrected chi connectivity index (χ1v) is 15.2. The maximum Gasteiger partial charge on any atom is 0.316 e. The Morgan fingerprint density at radius 1 is 1.02 bits per heavy atom. The largest absolute Gasteiger partial charge is 0.449 e. The normalized spacial score (nSPS) is 26.1. The van der Waals surface area contributed by atoms with Crippen LogP contribution < -0.4 is 16.1 Å². The lowest BCUT2D eigenvalue weighted by atomic mass is 9.92. The summed E-state index contributed by atoms with van der Waals surface area (Å²) in [7, 11) is 0. The maximum atomic E-state index is 13.6. The van der Waals surface area contributed by atoms with Crippen molar-refractivity contribution in [1.29, 1.82) is 0 Å². The van der Waals surface area contributed by atoms with Gasteiger partial charge in [-0.2, -0.15) is 0 Å². The van der Waals surface area contributed by atoms with Gasteiger partial charge in [0.25, 0.3) is 11.8 Å². The van der Waals surface area contributed by atoms with E-state index in [9.17, 15) is 19.2 Å².